The summed E-state index contributed by atoms with van der Waals surface area (Å²) in [6.07, 6.45) is 6.95. The van der Waals surface area contributed by atoms with E-state index in [0.29, 0.717) is 19.1 Å². The third-order valence-electron chi connectivity index (χ3n) is 4.05. The maximum atomic E-state index is 11.8. The number of aromatic nitrogens is 3. The molecule has 0 spiro atoms. The maximum Gasteiger partial charge on any atom is 0.407 e. The Morgan fingerprint density at radius 3 is 2.88 bits per heavy atom. The minimum Gasteiger partial charge on any atom is -0.449 e. The van der Waals surface area contributed by atoms with Crippen molar-refractivity contribution in [2.24, 2.45) is 13.0 Å². The summed E-state index contributed by atoms with van der Waals surface area (Å²) in [7, 11) is 1.87. The van der Waals surface area contributed by atoms with Gasteiger partial charge in [0.05, 0.1) is 18.5 Å². The monoisotopic (exact) mass is 330 g/mol. The predicted octanol–water partition coefficient (Wildman–Crippen LogP) is 2.13. The van der Waals surface area contributed by atoms with Gasteiger partial charge in [0.25, 0.3) is 0 Å². The Morgan fingerprint density at radius 1 is 1.38 bits per heavy atom. The van der Waals surface area contributed by atoms with Crippen molar-refractivity contribution < 1.29 is 14.3 Å². The normalized spacial score (nSPS) is 15.2. The summed E-state index contributed by atoms with van der Waals surface area (Å²) in [5.41, 5.74) is 2.74. The summed E-state index contributed by atoms with van der Waals surface area (Å²) in [5, 5.41) is 6.88. The molecule has 24 heavy (non-hydrogen) atoms. The second-order valence-corrected chi connectivity index (χ2v) is 5.96. The molecule has 1 aliphatic rings. The van der Waals surface area contributed by atoms with Crippen LogP contribution in [0.2, 0.25) is 0 Å². The van der Waals surface area contributed by atoms with Crippen LogP contribution in [0.1, 0.15) is 18.4 Å². The topological polar surface area (TPSA) is 78.3 Å². The number of hydrogen-bond donors (Lipinski definition) is 1. The lowest BCUT2D eigenvalue weighted by atomic mass is 10.0. The summed E-state index contributed by atoms with van der Waals surface area (Å²) in [6.45, 7) is 2.36. The first kappa shape index (κ1) is 16.4. The number of aryl methyl sites for hydroxylation is 1. The van der Waals surface area contributed by atoms with Gasteiger partial charge >= 0.3 is 6.09 Å². The smallest absolute Gasteiger partial charge is 0.407 e. The molecule has 2 aromatic heterocycles. The van der Waals surface area contributed by atoms with Gasteiger partial charge in [-0.1, -0.05) is 6.07 Å². The quantitative estimate of drug-likeness (QED) is 0.909. The highest BCUT2D eigenvalue weighted by Gasteiger charge is 2.15. The third-order valence-corrected chi connectivity index (χ3v) is 4.05. The van der Waals surface area contributed by atoms with Crippen molar-refractivity contribution in [3.63, 3.8) is 0 Å². The van der Waals surface area contributed by atoms with Crippen molar-refractivity contribution in [3.05, 3.63) is 36.3 Å². The van der Waals surface area contributed by atoms with Gasteiger partial charge in [-0.05, 0) is 30.4 Å². The van der Waals surface area contributed by atoms with Crippen LogP contribution in [0.3, 0.4) is 0 Å². The molecule has 0 aromatic carbocycles. The van der Waals surface area contributed by atoms with E-state index >= 15 is 0 Å². The van der Waals surface area contributed by atoms with E-state index in [1.165, 1.54) is 0 Å². The maximum absolute atomic E-state index is 11.8. The van der Waals surface area contributed by atoms with Crippen LogP contribution in [0.5, 0.6) is 0 Å². The first-order chi connectivity index (χ1) is 11.7. The highest BCUT2D eigenvalue weighted by Crippen LogP contribution is 2.16. The van der Waals surface area contributed by atoms with E-state index in [4.69, 9.17) is 9.47 Å². The number of nitrogens with one attached hydrogen (secondary N) is 1. The van der Waals surface area contributed by atoms with Crippen molar-refractivity contribution >= 4 is 6.09 Å². The molecule has 128 valence electrons. The lowest BCUT2D eigenvalue weighted by Crippen LogP contribution is -2.28. The van der Waals surface area contributed by atoms with Crippen molar-refractivity contribution in [2.75, 3.05) is 19.8 Å². The standard InChI is InChI=1S/C17H22N4O3/c1-21-11-15(10-20-21)16-3-2-14(8-18-16)9-19-17(22)24-12-13-4-6-23-7-5-13/h2-3,8,10-11,13H,4-7,9,12H2,1H3,(H,19,22). The predicted molar refractivity (Wildman–Crippen MR) is 88.2 cm³/mol. The first-order valence-electron chi connectivity index (χ1n) is 8.13. The van der Waals surface area contributed by atoms with Gasteiger partial charge in [0, 0.05) is 44.8 Å². The van der Waals surface area contributed by atoms with Gasteiger partial charge in [0.15, 0.2) is 0 Å². The Bertz CT molecular complexity index is 663. The molecule has 0 radical (unpaired) electrons. The molecule has 0 unspecified atom stereocenters. The molecule has 0 aliphatic carbocycles. The summed E-state index contributed by atoms with van der Waals surface area (Å²) in [4.78, 5) is 16.2. The van der Waals surface area contributed by atoms with Gasteiger partial charge in [-0.2, -0.15) is 5.10 Å². The highest BCUT2D eigenvalue weighted by atomic mass is 16.5. The number of carbonyl (C=O) groups excluding carboxylic acids is 1. The van der Waals surface area contributed by atoms with Crippen LogP contribution >= 0.6 is 0 Å². The van der Waals surface area contributed by atoms with Crippen LogP contribution < -0.4 is 5.32 Å². The molecular formula is C17H22N4O3. The van der Waals surface area contributed by atoms with Gasteiger partial charge in [-0.25, -0.2) is 4.79 Å². The molecule has 3 heterocycles. The molecule has 1 N–H and O–H groups in total. The average molecular weight is 330 g/mol. The van der Waals surface area contributed by atoms with Gasteiger partial charge in [-0.15, -0.1) is 0 Å². The number of nitrogens with zero attached hydrogens (tertiary/aromatic N) is 3. The zero-order valence-electron chi connectivity index (χ0n) is 13.8. The summed E-state index contributed by atoms with van der Waals surface area (Å²) >= 11 is 0. The van der Waals surface area contributed by atoms with Gasteiger partial charge in [-0.3, -0.25) is 9.67 Å². The minimum atomic E-state index is -0.391. The number of rotatable bonds is 5. The molecule has 7 nitrogen and oxygen atoms in total. The Labute approximate surface area is 141 Å². The zero-order valence-corrected chi connectivity index (χ0v) is 13.8. The molecule has 1 amide bonds. The third kappa shape index (κ3) is 4.55. The molecule has 3 rings (SSSR count). The van der Waals surface area contributed by atoms with Crippen LogP contribution in [0.25, 0.3) is 11.3 Å². The second-order valence-electron chi connectivity index (χ2n) is 5.96. The molecule has 1 aliphatic heterocycles. The fraction of sp³-hybridized carbons (Fsp3) is 0.471. The molecule has 0 bridgehead atoms. The molecular weight excluding hydrogens is 308 g/mol. The molecule has 0 atom stereocenters. The summed E-state index contributed by atoms with van der Waals surface area (Å²) < 4.78 is 12.3. The first-order valence-corrected chi connectivity index (χ1v) is 8.13. The number of hydrogen-bond acceptors (Lipinski definition) is 5. The fourth-order valence-electron chi connectivity index (χ4n) is 2.59. The average Bonchev–Trinajstić information content (AvgIpc) is 3.06. The van der Waals surface area contributed by atoms with Gasteiger partial charge < -0.3 is 14.8 Å². The Hall–Kier alpha value is -2.41. The van der Waals surface area contributed by atoms with Crippen molar-refractivity contribution in [3.8, 4) is 11.3 Å². The largest absolute Gasteiger partial charge is 0.449 e. The number of alkyl carbamates (subject to hydrolysis) is 1. The van der Waals surface area contributed by atoms with Crippen LogP contribution in [-0.4, -0.2) is 40.7 Å². The Morgan fingerprint density at radius 2 is 2.21 bits per heavy atom. The minimum absolute atomic E-state index is 0.391. The number of amides is 1. The number of carbonyl (C=O) groups is 1. The summed E-state index contributed by atoms with van der Waals surface area (Å²) in [5.74, 6) is 0.407. The molecule has 2 aromatic rings. The lowest BCUT2D eigenvalue weighted by molar-refractivity contribution is 0.0379. The van der Waals surface area contributed by atoms with Crippen LogP contribution in [0.4, 0.5) is 4.79 Å². The highest BCUT2D eigenvalue weighted by molar-refractivity contribution is 5.67. The van der Waals surface area contributed by atoms with E-state index < -0.39 is 6.09 Å². The molecule has 1 saturated heterocycles. The van der Waals surface area contributed by atoms with E-state index in [1.807, 2.05) is 25.4 Å². The van der Waals surface area contributed by atoms with Crippen LogP contribution in [0.15, 0.2) is 30.7 Å². The van der Waals surface area contributed by atoms with E-state index in [-0.39, 0.29) is 0 Å². The Balaban J connectivity index is 1.43. The van der Waals surface area contributed by atoms with Crippen molar-refractivity contribution in [1.82, 2.24) is 20.1 Å². The van der Waals surface area contributed by atoms with Gasteiger partial charge in [0.2, 0.25) is 0 Å². The second kappa shape index (κ2) is 7.92. The fourth-order valence-corrected chi connectivity index (χ4v) is 2.59. The Kier molecular flexibility index (Phi) is 5.43. The zero-order chi connectivity index (χ0) is 16.8. The van der Waals surface area contributed by atoms with Crippen molar-refractivity contribution in [1.29, 1.82) is 0 Å². The molecule has 7 heteroatoms. The van der Waals surface area contributed by atoms with E-state index in [2.05, 4.69) is 15.4 Å². The van der Waals surface area contributed by atoms with E-state index in [1.54, 1.807) is 17.1 Å². The SMILES string of the molecule is Cn1cc(-c2ccc(CNC(=O)OCC3CCOCC3)cn2)cn1. The van der Waals surface area contributed by atoms with E-state index in [0.717, 1.165) is 42.9 Å². The number of ether oxygens (including phenoxy) is 2. The molecule has 1 fully saturated rings. The number of pyridine rings is 1. The van der Waals surface area contributed by atoms with Crippen molar-refractivity contribution in [2.45, 2.75) is 19.4 Å². The van der Waals surface area contributed by atoms with Crippen LogP contribution in [-0.2, 0) is 23.1 Å². The van der Waals surface area contributed by atoms with Gasteiger partial charge in [0.1, 0.15) is 0 Å². The summed E-state index contributed by atoms with van der Waals surface area (Å²) in [6, 6.07) is 3.86. The van der Waals surface area contributed by atoms with E-state index in [9.17, 15) is 4.79 Å². The van der Waals surface area contributed by atoms with Crippen LogP contribution in [0, 0.1) is 5.92 Å². The lowest BCUT2D eigenvalue weighted by Gasteiger charge is -2.21. The molecule has 0 saturated carbocycles.